The van der Waals surface area contributed by atoms with Gasteiger partial charge in [0.15, 0.2) is 0 Å². The van der Waals surface area contributed by atoms with E-state index in [4.69, 9.17) is 12.2 Å². The summed E-state index contributed by atoms with van der Waals surface area (Å²) in [6.45, 7) is 7.02. The van der Waals surface area contributed by atoms with E-state index in [9.17, 15) is 0 Å². The zero-order valence-corrected chi connectivity index (χ0v) is 18.0. The van der Waals surface area contributed by atoms with Crippen LogP contribution in [-0.4, -0.2) is 18.4 Å². The summed E-state index contributed by atoms with van der Waals surface area (Å²) in [4.78, 5) is 0. The molecule has 0 unspecified atom stereocenters. The van der Waals surface area contributed by atoms with E-state index in [0.29, 0.717) is 0 Å². The summed E-state index contributed by atoms with van der Waals surface area (Å²) in [5, 5.41) is 2.45. The first-order valence-corrected chi connectivity index (χ1v) is 17.4. The van der Waals surface area contributed by atoms with Gasteiger partial charge in [-0.25, -0.2) is 0 Å². The van der Waals surface area contributed by atoms with E-state index < -0.39 is 18.4 Å². The second-order valence-corrected chi connectivity index (χ2v) is 22.8. The van der Waals surface area contributed by atoms with Gasteiger partial charge in [0, 0.05) is 0 Å². The normalized spacial score (nSPS) is 11.9. The maximum atomic E-state index is 5.41. The molecule has 0 fully saturated rings. The van der Waals surface area contributed by atoms with Crippen LogP contribution in [-0.2, 0) is 0 Å². The number of hydrogen-bond donors (Lipinski definition) is 0. The Morgan fingerprint density at radius 1 is 0.947 bits per heavy atom. The van der Waals surface area contributed by atoms with Crippen molar-refractivity contribution >= 4 is 56.2 Å². The molecule has 0 radical (unpaired) electrons. The fraction of sp³-hybridized carbons (Fsp3) is 0.800. The van der Waals surface area contributed by atoms with Crippen molar-refractivity contribution in [2.75, 3.05) is 0 Å². The van der Waals surface area contributed by atoms with Crippen molar-refractivity contribution in [3.8, 4) is 0 Å². The van der Waals surface area contributed by atoms with Crippen LogP contribution < -0.4 is 2.89 Å². The first kappa shape index (κ1) is 18.1. The average Bonchev–Trinajstić information content (AvgIpc) is 2.85. The molecule has 110 valence electrons. The van der Waals surface area contributed by atoms with Crippen molar-refractivity contribution in [2.24, 2.45) is 0 Å². The Morgan fingerprint density at radius 3 is 1.74 bits per heavy atom. The summed E-state index contributed by atoms with van der Waals surface area (Å²) in [7, 11) is 0. The molecule has 0 aromatic carbocycles. The van der Waals surface area contributed by atoms with Gasteiger partial charge < -0.3 is 0 Å². The molecule has 0 spiro atoms. The fourth-order valence-corrected chi connectivity index (χ4v) is 26.7. The minimum atomic E-state index is -2.11. The zero-order valence-electron chi connectivity index (χ0n) is 12.7. The van der Waals surface area contributed by atoms with Crippen LogP contribution in [0.3, 0.4) is 0 Å². The summed E-state index contributed by atoms with van der Waals surface area (Å²) >= 11 is 7.09. The van der Waals surface area contributed by atoms with Gasteiger partial charge in [-0.3, -0.25) is 0 Å². The molecule has 0 amide bonds. The first-order chi connectivity index (χ1) is 9.18. The quantitative estimate of drug-likeness (QED) is 0.302. The van der Waals surface area contributed by atoms with Gasteiger partial charge in [0.25, 0.3) is 0 Å². The number of unbranched alkanes of at least 4 members (excludes halogenated alkanes) is 3. The van der Waals surface area contributed by atoms with Gasteiger partial charge in [-0.15, -0.1) is 0 Å². The van der Waals surface area contributed by atoms with Crippen LogP contribution >= 0.6 is 34.9 Å². The molecular weight excluding hydrogens is 395 g/mol. The summed E-state index contributed by atoms with van der Waals surface area (Å²) < 4.78 is 7.63. The molecule has 0 bridgehead atoms. The van der Waals surface area contributed by atoms with E-state index in [2.05, 4.69) is 26.2 Å². The Morgan fingerprint density at radius 2 is 1.42 bits per heavy atom. The molecule has 1 rings (SSSR count). The SMILES string of the molecule is CCC[CH2][Sn]([CH2]CCC)([CH2]CCC)[c]1csc(=S)s1. The van der Waals surface area contributed by atoms with Crippen LogP contribution in [0.15, 0.2) is 5.38 Å². The molecule has 4 heteroatoms. The molecule has 0 N–H and O–H groups in total. The van der Waals surface area contributed by atoms with Crippen LogP contribution in [0, 0.1) is 3.14 Å². The van der Waals surface area contributed by atoms with E-state index in [1.807, 2.05) is 22.7 Å². The number of rotatable bonds is 10. The average molecular weight is 423 g/mol. The topological polar surface area (TPSA) is 0 Å². The molecule has 0 atom stereocenters. The van der Waals surface area contributed by atoms with Gasteiger partial charge in [0.2, 0.25) is 0 Å². The van der Waals surface area contributed by atoms with E-state index in [1.165, 1.54) is 38.5 Å². The van der Waals surface area contributed by atoms with E-state index in [0.717, 1.165) is 3.14 Å². The fourth-order valence-electron chi connectivity index (χ4n) is 2.76. The van der Waals surface area contributed by atoms with Gasteiger partial charge in [0.1, 0.15) is 0 Å². The van der Waals surface area contributed by atoms with Crippen LogP contribution in [0.1, 0.15) is 59.3 Å². The predicted octanol–water partition coefficient (Wildman–Crippen LogP) is 6.60. The Hall–Kier alpha value is 1.07. The first-order valence-electron chi connectivity index (χ1n) is 7.77. The Kier molecular flexibility index (Phi) is 9.45. The maximum absolute atomic E-state index is 5.41. The van der Waals surface area contributed by atoms with Crippen LogP contribution in [0.4, 0.5) is 0 Å². The summed E-state index contributed by atoms with van der Waals surface area (Å²) in [6, 6.07) is 0. The Labute approximate surface area is 136 Å². The molecule has 0 nitrogen and oxygen atoms in total. The Balaban J connectivity index is 2.97. The van der Waals surface area contributed by atoms with E-state index in [-0.39, 0.29) is 0 Å². The molecular formula is C15H28S3Sn. The third-order valence-electron chi connectivity index (χ3n) is 4.00. The van der Waals surface area contributed by atoms with Gasteiger partial charge in [-0.2, -0.15) is 0 Å². The molecule has 1 aromatic heterocycles. The van der Waals surface area contributed by atoms with Crippen molar-refractivity contribution in [3.63, 3.8) is 0 Å². The van der Waals surface area contributed by atoms with E-state index in [1.54, 1.807) is 16.2 Å². The van der Waals surface area contributed by atoms with Crippen molar-refractivity contribution in [2.45, 2.75) is 72.6 Å². The van der Waals surface area contributed by atoms with Crippen molar-refractivity contribution in [3.05, 3.63) is 8.52 Å². The van der Waals surface area contributed by atoms with Crippen LogP contribution in [0.25, 0.3) is 0 Å². The molecule has 0 aliphatic heterocycles. The third-order valence-corrected chi connectivity index (χ3v) is 25.3. The summed E-state index contributed by atoms with van der Waals surface area (Å²) in [5.41, 5.74) is 0. The zero-order chi connectivity index (χ0) is 14.1. The second kappa shape index (κ2) is 9.91. The Bertz CT molecular complexity index is 372. The predicted molar refractivity (Wildman–Crippen MR) is 97.6 cm³/mol. The minimum absolute atomic E-state index is 1.15. The monoisotopic (exact) mass is 424 g/mol. The van der Waals surface area contributed by atoms with Gasteiger partial charge in [0.05, 0.1) is 0 Å². The molecule has 0 aliphatic rings. The van der Waals surface area contributed by atoms with Crippen LogP contribution in [0.5, 0.6) is 0 Å². The van der Waals surface area contributed by atoms with Crippen molar-refractivity contribution < 1.29 is 0 Å². The molecule has 0 saturated carbocycles. The third kappa shape index (κ3) is 5.76. The molecule has 1 heterocycles. The van der Waals surface area contributed by atoms with Gasteiger partial charge >= 0.3 is 137 Å². The summed E-state index contributed by atoms with van der Waals surface area (Å²) in [5.74, 6) is 0. The second-order valence-electron chi connectivity index (χ2n) is 5.54. The van der Waals surface area contributed by atoms with Gasteiger partial charge in [-0.05, 0) is 0 Å². The van der Waals surface area contributed by atoms with Crippen LogP contribution in [0.2, 0.25) is 13.3 Å². The summed E-state index contributed by atoms with van der Waals surface area (Å²) in [6.07, 6.45) is 8.39. The van der Waals surface area contributed by atoms with Gasteiger partial charge in [-0.1, -0.05) is 0 Å². The number of hydrogen-bond acceptors (Lipinski definition) is 3. The standard InChI is InChI=1S/3C4H9.C3HS3.Sn/c3*1-3-4-2;4-3-5-1-2-6-3;/h3*1,3-4H2,2H3;1H;. The molecule has 0 aliphatic carbocycles. The molecule has 19 heavy (non-hydrogen) atoms. The van der Waals surface area contributed by atoms with E-state index >= 15 is 0 Å². The van der Waals surface area contributed by atoms with Crippen molar-refractivity contribution in [1.29, 1.82) is 0 Å². The molecule has 0 saturated heterocycles. The van der Waals surface area contributed by atoms with Crippen molar-refractivity contribution in [1.82, 2.24) is 0 Å². The molecule has 1 aromatic rings.